The van der Waals surface area contributed by atoms with Crippen LogP contribution in [0.15, 0.2) is 17.0 Å². The highest BCUT2D eigenvalue weighted by molar-refractivity contribution is 7.98. The van der Waals surface area contributed by atoms with Crippen molar-refractivity contribution >= 4 is 11.8 Å². The van der Waals surface area contributed by atoms with E-state index in [1.165, 1.54) is 11.8 Å². The zero-order valence-corrected chi connectivity index (χ0v) is 8.45. The van der Waals surface area contributed by atoms with Crippen LogP contribution in [0.25, 0.3) is 0 Å². The Morgan fingerprint density at radius 1 is 1.21 bits per heavy atom. The van der Waals surface area contributed by atoms with Crippen molar-refractivity contribution in [2.24, 2.45) is 0 Å². The zero-order valence-electron chi connectivity index (χ0n) is 7.64. The molecule has 1 aromatic carbocycles. The van der Waals surface area contributed by atoms with Gasteiger partial charge in [-0.3, -0.25) is 0 Å². The van der Waals surface area contributed by atoms with Gasteiger partial charge in [0.15, 0.2) is 11.5 Å². The number of halogens is 2. The van der Waals surface area contributed by atoms with Gasteiger partial charge in [-0.15, -0.1) is 20.5 Å². The fourth-order valence-corrected chi connectivity index (χ4v) is 1.91. The molecule has 0 spiro atoms. The Balaban J connectivity index is 2.44. The maximum atomic E-state index is 12.7. The highest BCUT2D eigenvalue weighted by Crippen LogP contribution is 2.43. The minimum absolute atomic E-state index is 0.102. The van der Waals surface area contributed by atoms with Gasteiger partial charge in [0.05, 0.1) is 0 Å². The van der Waals surface area contributed by atoms with Crippen molar-refractivity contribution in [1.29, 1.82) is 0 Å². The lowest BCUT2D eigenvalue weighted by Crippen LogP contribution is -2.25. The van der Waals surface area contributed by atoms with Crippen molar-refractivity contribution in [2.45, 2.75) is 18.1 Å². The molecule has 0 saturated heterocycles. The van der Waals surface area contributed by atoms with Gasteiger partial charge in [-0.2, -0.15) is 0 Å². The first-order valence-corrected chi connectivity index (χ1v) is 5.19. The van der Waals surface area contributed by atoms with Crippen LogP contribution in [0.2, 0.25) is 0 Å². The standard InChI is InChI=1S/C9H8F2O2S/c1-5-3-6-7(4-8(5)14-2)13-9(10,11)12-6/h3-4H,1-2H3. The predicted molar refractivity (Wildman–Crippen MR) is 49.2 cm³/mol. The molecule has 0 fully saturated rings. The lowest BCUT2D eigenvalue weighted by Gasteiger charge is -2.04. The normalized spacial score (nSPS) is 17.1. The van der Waals surface area contributed by atoms with E-state index in [-0.39, 0.29) is 11.5 Å². The number of hydrogen-bond donors (Lipinski definition) is 0. The first-order chi connectivity index (χ1) is 6.52. The molecular formula is C9H8F2O2S. The minimum Gasteiger partial charge on any atom is -0.395 e. The molecule has 0 saturated carbocycles. The summed E-state index contributed by atoms with van der Waals surface area (Å²) in [6.07, 6.45) is -1.64. The Morgan fingerprint density at radius 3 is 2.36 bits per heavy atom. The summed E-state index contributed by atoms with van der Waals surface area (Å²) in [6, 6.07) is 3.12. The Hall–Kier alpha value is -0.970. The van der Waals surface area contributed by atoms with Gasteiger partial charge in [-0.25, -0.2) is 0 Å². The number of fused-ring (bicyclic) bond motifs is 1. The molecule has 1 aromatic rings. The molecule has 14 heavy (non-hydrogen) atoms. The highest BCUT2D eigenvalue weighted by Gasteiger charge is 2.43. The fourth-order valence-electron chi connectivity index (χ4n) is 1.30. The van der Waals surface area contributed by atoms with Crippen molar-refractivity contribution < 1.29 is 18.3 Å². The van der Waals surface area contributed by atoms with E-state index in [9.17, 15) is 8.78 Å². The van der Waals surface area contributed by atoms with Gasteiger partial charge in [0, 0.05) is 4.90 Å². The lowest BCUT2D eigenvalue weighted by atomic mass is 10.2. The second-order valence-electron chi connectivity index (χ2n) is 2.94. The molecule has 2 nitrogen and oxygen atoms in total. The van der Waals surface area contributed by atoms with E-state index < -0.39 is 6.29 Å². The van der Waals surface area contributed by atoms with E-state index in [1.807, 2.05) is 13.2 Å². The first-order valence-electron chi connectivity index (χ1n) is 3.96. The van der Waals surface area contributed by atoms with Crippen molar-refractivity contribution in [3.63, 3.8) is 0 Å². The predicted octanol–water partition coefficient (Wildman–Crippen LogP) is 3.04. The fraction of sp³-hybridized carbons (Fsp3) is 0.333. The zero-order chi connectivity index (χ0) is 10.3. The topological polar surface area (TPSA) is 18.5 Å². The third-order valence-electron chi connectivity index (χ3n) is 1.92. The summed E-state index contributed by atoms with van der Waals surface area (Å²) in [5.74, 6) is 0.204. The molecule has 0 radical (unpaired) electrons. The van der Waals surface area contributed by atoms with Crippen molar-refractivity contribution in [3.05, 3.63) is 17.7 Å². The summed E-state index contributed by atoms with van der Waals surface area (Å²) in [5.41, 5.74) is 0.901. The number of ether oxygens (including phenoxy) is 2. The van der Waals surface area contributed by atoms with Crippen molar-refractivity contribution in [2.75, 3.05) is 6.26 Å². The van der Waals surface area contributed by atoms with Gasteiger partial charge in [-0.1, -0.05) is 0 Å². The van der Waals surface area contributed by atoms with Crippen LogP contribution >= 0.6 is 11.8 Å². The maximum absolute atomic E-state index is 12.7. The van der Waals surface area contributed by atoms with E-state index in [4.69, 9.17) is 0 Å². The van der Waals surface area contributed by atoms with Crippen LogP contribution in [0.4, 0.5) is 8.78 Å². The molecule has 5 heteroatoms. The first kappa shape index (κ1) is 9.58. The Morgan fingerprint density at radius 2 is 1.79 bits per heavy atom. The molecule has 0 aliphatic carbocycles. The van der Waals surface area contributed by atoms with Crippen LogP contribution in [0.1, 0.15) is 5.56 Å². The molecular weight excluding hydrogens is 210 g/mol. The third-order valence-corrected chi connectivity index (χ3v) is 2.80. The molecule has 2 rings (SSSR count). The molecule has 1 heterocycles. The van der Waals surface area contributed by atoms with E-state index in [1.54, 1.807) is 12.1 Å². The number of hydrogen-bond acceptors (Lipinski definition) is 3. The molecule has 0 atom stereocenters. The van der Waals surface area contributed by atoms with Crippen molar-refractivity contribution in [1.82, 2.24) is 0 Å². The highest BCUT2D eigenvalue weighted by atomic mass is 32.2. The van der Waals surface area contributed by atoms with Crippen LogP contribution in [0.3, 0.4) is 0 Å². The second kappa shape index (κ2) is 3.02. The third kappa shape index (κ3) is 1.52. The van der Waals surface area contributed by atoms with Gasteiger partial charge >= 0.3 is 6.29 Å². The summed E-state index contributed by atoms with van der Waals surface area (Å²) in [5, 5.41) is 0. The van der Waals surface area contributed by atoms with Crippen LogP contribution < -0.4 is 9.47 Å². The van der Waals surface area contributed by atoms with Gasteiger partial charge in [-0.05, 0) is 30.9 Å². The molecule has 76 valence electrons. The van der Waals surface area contributed by atoms with E-state index in [0.717, 1.165) is 10.5 Å². The maximum Gasteiger partial charge on any atom is 0.586 e. The average Bonchev–Trinajstić information content (AvgIpc) is 2.36. The smallest absolute Gasteiger partial charge is 0.395 e. The quantitative estimate of drug-likeness (QED) is 0.675. The number of aryl methyl sites for hydroxylation is 1. The summed E-state index contributed by atoms with van der Waals surface area (Å²) < 4.78 is 33.9. The monoisotopic (exact) mass is 218 g/mol. The minimum atomic E-state index is -3.52. The van der Waals surface area contributed by atoms with Gasteiger partial charge < -0.3 is 9.47 Å². The van der Waals surface area contributed by atoms with E-state index in [0.29, 0.717) is 0 Å². The number of alkyl halides is 2. The Bertz CT molecular complexity index is 379. The Kier molecular flexibility index (Phi) is 2.06. The lowest BCUT2D eigenvalue weighted by molar-refractivity contribution is -0.286. The number of thioether (sulfide) groups is 1. The van der Waals surface area contributed by atoms with Crippen LogP contribution in [-0.2, 0) is 0 Å². The SMILES string of the molecule is CSc1cc2c(cc1C)OC(F)(F)O2. The van der Waals surface area contributed by atoms with Gasteiger partial charge in [0.25, 0.3) is 0 Å². The van der Waals surface area contributed by atoms with Gasteiger partial charge in [0.2, 0.25) is 0 Å². The van der Waals surface area contributed by atoms with Crippen LogP contribution in [-0.4, -0.2) is 12.6 Å². The number of rotatable bonds is 1. The Labute approximate surface area is 84.2 Å². The average molecular weight is 218 g/mol. The summed E-state index contributed by atoms with van der Waals surface area (Å²) in [6.45, 7) is 1.84. The molecule has 0 amide bonds. The van der Waals surface area contributed by atoms with E-state index in [2.05, 4.69) is 9.47 Å². The summed E-state index contributed by atoms with van der Waals surface area (Å²) >= 11 is 1.48. The van der Waals surface area contributed by atoms with Crippen LogP contribution in [0.5, 0.6) is 11.5 Å². The second-order valence-corrected chi connectivity index (χ2v) is 3.78. The summed E-state index contributed by atoms with van der Waals surface area (Å²) in [7, 11) is 0. The molecule has 0 aromatic heterocycles. The molecule has 0 unspecified atom stereocenters. The largest absolute Gasteiger partial charge is 0.586 e. The summed E-state index contributed by atoms with van der Waals surface area (Å²) in [4.78, 5) is 0.907. The molecule has 0 N–H and O–H groups in total. The van der Waals surface area contributed by atoms with Gasteiger partial charge in [0.1, 0.15) is 0 Å². The molecule has 1 aliphatic rings. The molecule has 0 bridgehead atoms. The van der Waals surface area contributed by atoms with Crippen molar-refractivity contribution in [3.8, 4) is 11.5 Å². The van der Waals surface area contributed by atoms with Crippen LogP contribution in [0, 0.1) is 6.92 Å². The molecule has 1 aliphatic heterocycles. The number of benzene rings is 1. The van der Waals surface area contributed by atoms with E-state index >= 15 is 0 Å².